The van der Waals surface area contributed by atoms with Gasteiger partial charge in [0.15, 0.2) is 0 Å². The standard InChI is InChI=1S/C15H27NS/c1-5-8-14(9-6-2)10-15(11-14,12-16)17-13(4)7-3/h13H,5-11H2,1-4H3. The summed E-state index contributed by atoms with van der Waals surface area (Å²) in [5.74, 6) is 0. The summed E-state index contributed by atoms with van der Waals surface area (Å²) in [4.78, 5) is 0. The van der Waals surface area contributed by atoms with Crippen LogP contribution in [0.1, 0.15) is 72.6 Å². The second kappa shape index (κ2) is 6.14. The Morgan fingerprint density at radius 1 is 1.18 bits per heavy atom. The molecule has 1 saturated carbocycles. The van der Waals surface area contributed by atoms with E-state index in [0.29, 0.717) is 10.7 Å². The average molecular weight is 253 g/mol. The van der Waals surface area contributed by atoms with Crippen LogP contribution in [0, 0.1) is 16.7 Å². The molecule has 1 atom stereocenters. The van der Waals surface area contributed by atoms with Crippen LogP contribution in [0.4, 0.5) is 0 Å². The summed E-state index contributed by atoms with van der Waals surface area (Å²) in [6.07, 6.45) is 8.57. The Morgan fingerprint density at radius 3 is 2.06 bits per heavy atom. The third-order valence-corrected chi connectivity index (χ3v) is 5.65. The van der Waals surface area contributed by atoms with Crippen molar-refractivity contribution >= 4 is 11.8 Å². The average Bonchev–Trinajstić information content (AvgIpc) is 2.27. The van der Waals surface area contributed by atoms with E-state index in [4.69, 9.17) is 0 Å². The second-order valence-electron chi connectivity index (χ2n) is 5.80. The van der Waals surface area contributed by atoms with Crippen LogP contribution in [0.25, 0.3) is 0 Å². The number of hydrogen-bond donors (Lipinski definition) is 0. The van der Waals surface area contributed by atoms with Gasteiger partial charge in [0, 0.05) is 5.25 Å². The predicted molar refractivity (Wildman–Crippen MR) is 77.2 cm³/mol. The van der Waals surface area contributed by atoms with Crippen molar-refractivity contribution in [3.8, 4) is 6.07 Å². The zero-order valence-electron chi connectivity index (χ0n) is 11.9. The van der Waals surface area contributed by atoms with Gasteiger partial charge in [-0.05, 0) is 37.5 Å². The molecule has 0 radical (unpaired) electrons. The minimum Gasteiger partial charge on any atom is -0.197 e. The van der Waals surface area contributed by atoms with Crippen molar-refractivity contribution < 1.29 is 0 Å². The summed E-state index contributed by atoms with van der Waals surface area (Å²) in [5, 5.41) is 10.1. The van der Waals surface area contributed by atoms with Crippen LogP contribution in [0.5, 0.6) is 0 Å². The topological polar surface area (TPSA) is 23.8 Å². The van der Waals surface area contributed by atoms with Crippen molar-refractivity contribution in [2.24, 2.45) is 5.41 Å². The van der Waals surface area contributed by atoms with Crippen LogP contribution in [0.3, 0.4) is 0 Å². The normalized spacial score (nSPS) is 22.5. The Morgan fingerprint density at radius 2 is 1.71 bits per heavy atom. The molecule has 0 saturated heterocycles. The summed E-state index contributed by atoms with van der Waals surface area (Å²) >= 11 is 1.93. The summed E-state index contributed by atoms with van der Waals surface area (Å²) in [5.41, 5.74) is 0.500. The Bertz CT molecular complexity index is 265. The Labute approximate surface area is 111 Å². The third kappa shape index (κ3) is 3.41. The number of nitriles is 1. The molecule has 1 rings (SSSR count). The summed E-state index contributed by atoms with van der Waals surface area (Å²) in [7, 11) is 0. The molecule has 1 fully saturated rings. The molecule has 98 valence electrons. The van der Waals surface area contributed by atoms with Crippen molar-refractivity contribution in [2.45, 2.75) is 82.6 Å². The van der Waals surface area contributed by atoms with Gasteiger partial charge in [-0.2, -0.15) is 5.26 Å². The first-order valence-corrected chi connectivity index (χ1v) is 8.02. The SMILES string of the molecule is CCCC1(CCC)CC(C#N)(SC(C)CC)C1. The minimum atomic E-state index is -0.0558. The molecule has 0 aromatic carbocycles. The quantitative estimate of drug-likeness (QED) is 0.625. The molecule has 0 heterocycles. The number of thioether (sulfide) groups is 1. The third-order valence-electron chi connectivity index (χ3n) is 4.09. The maximum atomic E-state index is 9.48. The second-order valence-corrected chi connectivity index (χ2v) is 7.62. The summed E-state index contributed by atoms with van der Waals surface area (Å²) in [6, 6.07) is 2.61. The van der Waals surface area contributed by atoms with E-state index in [1.165, 1.54) is 32.1 Å². The molecule has 0 amide bonds. The Kier molecular flexibility index (Phi) is 5.38. The first-order chi connectivity index (χ1) is 8.05. The van der Waals surface area contributed by atoms with E-state index in [0.717, 1.165) is 12.8 Å². The van der Waals surface area contributed by atoms with E-state index >= 15 is 0 Å². The summed E-state index contributed by atoms with van der Waals surface area (Å²) < 4.78 is -0.0558. The largest absolute Gasteiger partial charge is 0.197 e. The number of nitrogens with zero attached hydrogens (tertiary/aromatic N) is 1. The van der Waals surface area contributed by atoms with E-state index in [1.807, 2.05) is 11.8 Å². The Balaban J connectivity index is 2.62. The first-order valence-electron chi connectivity index (χ1n) is 7.14. The molecular weight excluding hydrogens is 226 g/mol. The highest BCUT2D eigenvalue weighted by molar-refractivity contribution is 8.01. The van der Waals surface area contributed by atoms with E-state index in [2.05, 4.69) is 33.8 Å². The van der Waals surface area contributed by atoms with E-state index < -0.39 is 0 Å². The molecule has 0 aromatic rings. The highest BCUT2D eigenvalue weighted by Gasteiger charge is 2.54. The monoisotopic (exact) mass is 253 g/mol. The molecule has 17 heavy (non-hydrogen) atoms. The molecule has 2 heteroatoms. The van der Waals surface area contributed by atoms with Gasteiger partial charge >= 0.3 is 0 Å². The van der Waals surface area contributed by atoms with Gasteiger partial charge in [-0.25, -0.2) is 0 Å². The van der Waals surface area contributed by atoms with Gasteiger partial charge < -0.3 is 0 Å². The number of hydrogen-bond acceptors (Lipinski definition) is 2. The zero-order valence-corrected chi connectivity index (χ0v) is 12.7. The summed E-state index contributed by atoms with van der Waals surface area (Å²) in [6.45, 7) is 9.01. The lowest BCUT2D eigenvalue weighted by Crippen LogP contribution is -2.49. The van der Waals surface area contributed by atoms with Crippen LogP contribution in [-0.2, 0) is 0 Å². The van der Waals surface area contributed by atoms with E-state index in [-0.39, 0.29) is 4.75 Å². The Hall–Kier alpha value is -0.160. The predicted octanol–water partition coefficient (Wildman–Crippen LogP) is 5.16. The zero-order chi connectivity index (χ0) is 12.9. The lowest BCUT2D eigenvalue weighted by molar-refractivity contribution is 0.0828. The van der Waals surface area contributed by atoms with Crippen LogP contribution in [0.15, 0.2) is 0 Å². The lowest BCUT2D eigenvalue weighted by Gasteiger charge is -2.53. The van der Waals surface area contributed by atoms with Crippen LogP contribution in [0.2, 0.25) is 0 Å². The molecule has 1 nitrogen and oxygen atoms in total. The fraction of sp³-hybridized carbons (Fsp3) is 0.933. The molecule has 1 unspecified atom stereocenters. The van der Waals surface area contributed by atoms with Crippen LogP contribution < -0.4 is 0 Å². The molecule has 0 aromatic heterocycles. The van der Waals surface area contributed by atoms with E-state index in [1.54, 1.807) is 0 Å². The van der Waals surface area contributed by atoms with Crippen LogP contribution in [-0.4, -0.2) is 10.00 Å². The van der Waals surface area contributed by atoms with Crippen molar-refractivity contribution in [1.29, 1.82) is 5.26 Å². The van der Waals surface area contributed by atoms with Gasteiger partial charge in [0.2, 0.25) is 0 Å². The first kappa shape index (κ1) is 14.9. The van der Waals surface area contributed by atoms with Crippen LogP contribution >= 0.6 is 11.8 Å². The maximum Gasteiger partial charge on any atom is 0.104 e. The number of rotatable bonds is 7. The van der Waals surface area contributed by atoms with Gasteiger partial charge in [-0.3, -0.25) is 0 Å². The maximum absolute atomic E-state index is 9.48. The minimum absolute atomic E-state index is 0.0558. The van der Waals surface area contributed by atoms with Crippen molar-refractivity contribution in [3.63, 3.8) is 0 Å². The molecule has 0 bridgehead atoms. The molecule has 0 aliphatic heterocycles. The smallest absolute Gasteiger partial charge is 0.104 e. The molecule has 0 spiro atoms. The van der Waals surface area contributed by atoms with E-state index in [9.17, 15) is 5.26 Å². The van der Waals surface area contributed by atoms with Gasteiger partial charge in [-0.1, -0.05) is 40.5 Å². The fourth-order valence-electron chi connectivity index (χ4n) is 3.36. The molecule has 1 aliphatic rings. The van der Waals surface area contributed by atoms with Crippen molar-refractivity contribution in [2.75, 3.05) is 0 Å². The van der Waals surface area contributed by atoms with Gasteiger partial charge in [0.25, 0.3) is 0 Å². The van der Waals surface area contributed by atoms with Gasteiger partial charge in [0.1, 0.15) is 4.75 Å². The molecule has 1 aliphatic carbocycles. The highest BCUT2D eigenvalue weighted by atomic mass is 32.2. The van der Waals surface area contributed by atoms with Gasteiger partial charge in [-0.15, -0.1) is 11.8 Å². The fourth-order valence-corrected chi connectivity index (χ4v) is 5.12. The molecular formula is C15H27NS. The lowest BCUT2D eigenvalue weighted by atomic mass is 9.58. The van der Waals surface area contributed by atoms with Crippen molar-refractivity contribution in [1.82, 2.24) is 0 Å². The highest BCUT2D eigenvalue weighted by Crippen LogP contribution is 2.60. The van der Waals surface area contributed by atoms with Crippen molar-refractivity contribution in [3.05, 3.63) is 0 Å². The van der Waals surface area contributed by atoms with Gasteiger partial charge in [0.05, 0.1) is 6.07 Å². The molecule has 0 N–H and O–H groups in total.